The van der Waals surface area contributed by atoms with Crippen LogP contribution in [0.25, 0.3) is 0 Å². The molecule has 0 radical (unpaired) electrons. The Hall–Kier alpha value is 0.1000. The molecular weight excluding hydrogens is 256 g/mol. The molecular formula is C4H6Br2O3. The van der Waals surface area contributed by atoms with Crippen LogP contribution in [-0.2, 0) is 0 Å². The van der Waals surface area contributed by atoms with E-state index >= 15 is 0 Å². The molecule has 0 atom stereocenters. The molecule has 3 N–H and O–H groups in total. The highest BCUT2D eigenvalue weighted by molar-refractivity contribution is 9.25. The average molecular weight is 262 g/mol. The summed E-state index contributed by atoms with van der Waals surface area (Å²) in [5.41, 5.74) is 0. The highest BCUT2D eigenvalue weighted by Gasteiger charge is 2.25. The zero-order chi connectivity index (χ0) is 7.65. The van der Waals surface area contributed by atoms with Crippen LogP contribution in [0.3, 0.4) is 0 Å². The SMILES string of the molecule is CC(Br)(Br)C(O)=C(O)O. The van der Waals surface area contributed by atoms with E-state index in [9.17, 15) is 0 Å². The smallest absolute Gasteiger partial charge is 0.316 e. The first kappa shape index (κ1) is 9.10. The Labute approximate surface area is 69.3 Å². The maximum Gasteiger partial charge on any atom is 0.316 e. The van der Waals surface area contributed by atoms with E-state index in [0.29, 0.717) is 0 Å². The normalized spacial score (nSPS) is 11.0. The highest BCUT2D eigenvalue weighted by atomic mass is 79.9. The van der Waals surface area contributed by atoms with E-state index in [2.05, 4.69) is 31.9 Å². The minimum Gasteiger partial charge on any atom is -0.504 e. The first-order valence-corrected chi connectivity index (χ1v) is 3.63. The van der Waals surface area contributed by atoms with E-state index in [0.717, 1.165) is 0 Å². The van der Waals surface area contributed by atoms with E-state index in [1.807, 2.05) is 0 Å². The fourth-order valence-electron chi connectivity index (χ4n) is 0.196. The molecule has 0 bridgehead atoms. The van der Waals surface area contributed by atoms with Crippen molar-refractivity contribution in [2.24, 2.45) is 0 Å². The third-order valence-corrected chi connectivity index (χ3v) is 1.38. The number of rotatable bonds is 1. The predicted octanol–water partition coefficient (Wildman–Crippen LogP) is 2.34. The number of alkyl halides is 2. The summed E-state index contributed by atoms with van der Waals surface area (Å²) in [6, 6.07) is 0. The van der Waals surface area contributed by atoms with Gasteiger partial charge in [0.1, 0.15) is 3.23 Å². The van der Waals surface area contributed by atoms with Gasteiger partial charge in [-0.15, -0.1) is 0 Å². The van der Waals surface area contributed by atoms with Crippen LogP contribution in [0.4, 0.5) is 0 Å². The van der Waals surface area contributed by atoms with Gasteiger partial charge < -0.3 is 15.3 Å². The fourth-order valence-corrected chi connectivity index (χ4v) is 0.551. The largest absolute Gasteiger partial charge is 0.504 e. The van der Waals surface area contributed by atoms with Crippen molar-refractivity contribution in [2.75, 3.05) is 0 Å². The van der Waals surface area contributed by atoms with Crippen LogP contribution in [0, 0.1) is 0 Å². The fraction of sp³-hybridized carbons (Fsp3) is 0.500. The lowest BCUT2D eigenvalue weighted by Gasteiger charge is -2.11. The van der Waals surface area contributed by atoms with Gasteiger partial charge in [0, 0.05) is 0 Å². The summed E-state index contributed by atoms with van der Waals surface area (Å²) in [5.74, 6) is -1.64. The maximum absolute atomic E-state index is 8.75. The number of aliphatic hydroxyl groups is 3. The number of hydrogen-bond acceptors (Lipinski definition) is 3. The second kappa shape index (κ2) is 2.79. The summed E-state index contributed by atoms with van der Waals surface area (Å²) in [6.45, 7) is 1.51. The van der Waals surface area contributed by atoms with Crippen LogP contribution < -0.4 is 0 Å². The number of halogens is 2. The van der Waals surface area contributed by atoms with E-state index in [4.69, 9.17) is 15.3 Å². The third-order valence-electron chi connectivity index (χ3n) is 0.628. The zero-order valence-corrected chi connectivity index (χ0v) is 7.77. The van der Waals surface area contributed by atoms with Crippen molar-refractivity contribution in [3.8, 4) is 0 Å². The molecule has 3 nitrogen and oxygen atoms in total. The Balaban J connectivity index is 4.40. The van der Waals surface area contributed by atoms with Gasteiger partial charge in [-0.1, -0.05) is 31.9 Å². The molecule has 0 unspecified atom stereocenters. The first-order valence-electron chi connectivity index (χ1n) is 2.05. The Morgan fingerprint density at radius 3 is 1.56 bits per heavy atom. The Morgan fingerprint density at radius 2 is 1.56 bits per heavy atom. The topological polar surface area (TPSA) is 60.7 Å². The second-order valence-electron chi connectivity index (χ2n) is 1.56. The standard InChI is InChI=1S/C4H6Br2O3/c1-4(5,6)2(7)3(8)9/h7-9H,1H3. The van der Waals surface area contributed by atoms with E-state index < -0.39 is 14.9 Å². The molecule has 0 aliphatic carbocycles. The average Bonchev–Trinajstić information content (AvgIpc) is 1.62. The number of hydrogen-bond donors (Lipinski definition) is 3. The molecule has 0 heterocycles. The van der Waals surface area contributed by atoms with Crippen molar-refractivity contribution in [1.82, 2.24) is 0 Å². The Kier molecular flexibility index (Phi) is 2.82. The quantitative estimate of drug-likeness (QED) is 0.502. The van der Waals surface area contributed by atoms with Crippen molar-refractivity contribution in [3.63, 3.8) is 0 Å². The molecule has 54 valence electrons. The molecule has 0 aliphatic heterocycles. The van der Waals surface area contributed by atoms with E-state index in [-0.39, 0.29) is 0 Å². The molecule has 0 aliphatic rings. The van der Waals surface area contributed by atoms with Crippen molar-refractivity contribution in [1.29, 1.82) is 0 Å². The molecule has 5 heteroatoms. The predicted molar refractivity (Wildman–Crippen MR) is 41.2 cm³/mol. The lowest BCUT2D eigenvalue weighted by Crippen LogP contribution is -2.11. The van der Waals surface area contributed by atoms with Gasteiger partial charge in [-0.3, -0.25) is 0 Å². The van der Waals surface area contributed by atoms with Gasteiger partial charge in [0.2, 0.25) is 5.76 Å². The molecule has 0 aromatic heterocycles. The van der Waals surface area contributed by atoms with Gasteiger partial charge in [0.05, 0.1) is 0 Å². The van der Waals surface area contributed by atoms with Gasteiger partial charge in [-0.05, 0) is 6.92 Å². The summed E-state index contributed by atoms with van der Waals surface area (Å²) in [4.78, 5) is 0. The maximum atomic E-state index is 8.75. The molecule has 0 saturated carbocycles. The van der Waals surface area contributed by atoms with Crippen LogP contribution in [-0.4, -0.2) is 18.6 Å². The minimum absolute atomic E-state index is 0.553. The van der Waals surface area contributed by atoms with E-state index in [1.165, 1.54) is 6.92 Å². The first-order chi connectivity index (χ1) is 3.85. The summed E-state index contributed by atoms with van der Waals surface area (Å²) in [7, 11) is 0. The molecule has 0 fully saturated rings. The van der Waals surface area contributed by atoms with Gasteiger partial charge >= 0.3 is 5.95 Å². The summed E-state index contributed by atoms with van der Waals surface area (Å²) >= 11 is 5.87. The third kappa shape index (κ3) is 2.95. The molecule has 0 rings (SSSR count). The highest BCUT2D eigenvalue weighted by Crippen LogP contribution is 2.32. The molecule has 0 amide bonds. The van der Waals surface area contributed by atoms with Gasteiger partial charge in [0.25, 0.3) is 0 Å². The second-order valence-corrected chi connectivity index (χ2v) is 5.80. The van der Waals surface area contributed by atoms with Crippen LogP contribution in [0.5, 0.6) is 0 Å². The van der Waals surface area contributed by atoms with Crippen LogP contribution >= 0.6 is 31.9 Å². The molecule has 0 aromatic rings. The number of allylic oxidation sites excluding steroid dienone is 1. The Bertz CT molecular complexity index is 131. The van der Waals surface area contributed by atoms with Crippen molar-refractivity contribution in [3.05, 3.63) is 11.7 Å². The monoisotopic (exact) mass is 260 g/mol. The van der Waals surface area contributed by atoms with Crippen LogP contribution in [0.1, 0.15) is 6.92 Å². The summed E-state index contributed by atoms with van der Waals surface area (Å²) in [6.07, 6.45) is 0. The lowest BCUT2D eigenvalue weighted by atomic mass is 10.4. The van der Waals surface area contributed by atoms with Crippen LogP contribution in [0.2, 0.25) is 0 Å². The molecule has 0 spiro atoms. The van der Waals surface area contributed by atoms with E-state index in [1.54, 1.807) is 0 Å². The van der Waals surface area contributed by atoms with Crippen molar-refractivity contribution < 1.29 is 15.3 Å². The number of aliphatic hydroxyl groups excluding tert-OH is 2. The summed E-state index contributed by atoms with van der Waals surface area (Å²) < 4.78 is -0.959. The van der Waals surface area contributed by atoms with Crippen molar-refractivity contribution >= 4 is 31.9 Å². The Morgan fingerprint density at radius 1 is 1.22 bits per heavy atom. The minimum atomic E-state index is -1.09. The summed E-state index contributed by atoms with van der Waals surface area (Å²) in [5, 5.41) is 25.3. The molecule has 0 saturated heterocycles. The molecule has 9 heavy (non-hydrogen) atoms. The zero-order valence-electron chi connectivity index (χ0n) is 4.60. The van der Waals surface area contributed by atoms with Crippen molar-refractivity contribution in [2.45, 2.75) is 10.2 Å². The van der Waals surface area contributed by atoms with Gasteiger partial charge in [-0.25, -0.2) is 0 Å². The lowest BCUT2D eigenvalue weighted by molar-refractivity contribution is 0.155. The van der Waals surface area contributed by atoms with Crippen LogP contribution in [0.15, 0.2) is 11.7 Å². The van der Waals surface area contributed by atoms with Gasteiger partial charge in [0.15, 0.2) is 0 Å². The van der Waals surface area contributed by atoms with Gasteiger partial charge in [-0.2, -0.15) is 0 Å². The molecule has 0 aromatic carbocycles.